The van der Waals surface area contributed by atoms with E-state index in [-0.39, 0.29) is 17.2 Å². The normalized spacial score (nSPS) is 11.2. The molecule has 0 unspecified atom stereocenters. The van der Waals surface area contributed by atoms with E-state index in [9.17, 15) is 9.59 Å². The summed E-state index contributed by atoms with van der Waals surface area (Å²) in [5.41, 5.74) is 4.12. The summed E-state index contributed by atoms with van der Waals surface area (Å²) in [6.45, 7) is 3.99. The van der Waals surface area contributed by atoms with Crippen LogP contribution < -0.4 is 10.9 Å². The summed E-state index contributed by atoms with van der Waals surface area (Å²) in [5, 5.41) is 12.7. The number of hydrogen-bond donors (Lipinski definition) is 1. The van der Waals surface area contributed by atoms with Crippen LogP contribution in [0.1, 0.15) is 11.1 Å². The first-order valence-corrected chi connectivity index (χ1v) is 11.5. The zero-order valence-electron chi connectivity index (χ0n) is 18.1. The number of rotatable bonds is 5. The molecule has 1 amide bonds. The minimum atomic E-state index is -0.157. The van der Waals surface area contributed by atoms with Gasteiger partial charge in [0.1, 0.15) is 0 Å². The van der Waals surface area contributed by atoms with Crippen molar-refractivity contribution in [1.82, 2.24) is 19.2 Å². The molecular weight excluding hydrogens is 434 g/mol. The number of nitrogens with zero attached hydrogens (tertiary/aromatic N) is 4. The topological polar surface area (TPSA) is 81.3 Å². The maximum atomic E-state index is 13.5. The molecule has 0 spiro atoms. The molecule has 3 aromatic carbocycles. The minimum Gasteiger partial charge on any atom is -0.325 e. The van der Waals surface area contributed by atoms with E-state index in [2.05, 4.69) is 15.5 Å². The molecule has 164 valence electrons. The maximum Gasteiger partial charge on any atom is 0.267 e. The Hall–Kier alpha value is -3.91. The van der Waals surface area contributed by atoms with E-state index < -0.39 is 0 Å². The van der Waals surface area contributed by atoms with Crippen molar-refractivity contribution in [2.75, 3.05) is 11.1 Å². The fourth-order valence-electron chi connectivity index (χ4n) is 3.89. The zero-order chi connectivity index (χ0) is 22.9. The number of amides is 1. The van der Waals surface area contributed by atoms with Gasteiger partial charge in [0.15, 0.2) is 5.16 Å². The molecule has 0 saturated heterocycles. The third-order valence-electron chi connectivity index (χ3n) is 5.38. The lowest BCUT2D eigenvalue weighted by molar-refractivity contribution is -0.113. The highest BCUT2D eigenvalue weighted by Crippen LogP contribution is 2.24. The quantitative estimate of drug-likeness (QED) is 0.398. The molecular formula is C25H21N5O2S. The Bertz CT molecular complexity index is 1560. The van der Waals surface area contributed by atoms with Crippen LogP contribution in [0.15, 0.2) is 82.7 Å². The zero-order valence-corrected chi connectivity index (χ0v) is 19.0. The number of thioether (sulfide) groups is 1. The average Bonchev–Trinajstić information content (AvgIpc) is 3.23. The highest BCUT2D eigenvalue weighted by atomic mass is 32.2. The molecule has 5 rings (SSSR count). The Morgan fingerprint density at radius 1 is 0.970 bits per heavy atom. The molecule has 1 N–H and O–H groups in total. The van der Waals surface area contributed by atoms with Crippen LogP contribution in [0.3, 0.4) is 0 Å². The van der Waals surface area contributed by atoms with Gasteiger partial charge >= 0.3 is 0 Å². The Morgan fingerprint density at radius 3 is 2.52 bits per heavy atom. The fourth-order valence-corrected chi connectivity index (χ4v) is 4.63. The number of carbonyl (C=O) groups is 1. The molecule has 0 bridgehead atoms. The van der Waals surface area contributed by atoms with Crippen molar-refractivity contribution in [2.45, 2.75) is 19.0 Å². The van der Waals surface area contributed by atoms with Crippen LogP contribution >= 0.6 is 11.8 Å². The number of benzene rings is 3. The third-order valence-corrected chi connectivity index (χ3v) is 6.31. The molecule has 7 nitrogen and oxygen atoms in total. The van der Waals surface area contributed by atoms with E-state index in [4.69, 9.17) is 0 Å². The number of para-hydroxylation sites is 2. The lowest BCUT2D eigenvalue weighted by atomic mass is 10.1. The summed E-state index contributed by atoms with van der Waals surface area (Å²) in [4.78, 5) is 26.0. The van der Waals surface area contributed by atoms with E-state index in [1.807, 2.05) is 85.0 Å². The third kappa shape index (κ3) is 3.89. The number of nitrogens with one attached hydrogen (secondary N) is 1. The van der Waals surface area contributed by atoms with Crippen molar-refractivity contribution < 1.29 is 4.79 Å². The number of fused-ring (bicyclic) bond motifs is 3. The number of anilines is 1. The summed E-state index contributed by atoms with van der Waals surface area (Å²) < 4.78 is 3.44. The monoisotopic (exact) mass is 455 g/mol. The molecule has 2 heterocycles. The van der Waals surface area contributed by atoms with Gasteiger partial charge in [0.05, 0.1) is 22.3 Å². The summed E-state index contributed by atoms with van der Waals surface area (Å²) in [6, 6.07) is 22.6. The van der Waals surface area contributed by atoms with Crippen LogP contribution in [0, 0.1) is 13.8 Å². The Morgan fingerprint density at radius 2 is 1.73 bits per heavy atom. The molecule has 0 fully saturated rings. The molecule has 0 aliphatic rings. The molecule has 0 atom stereocenters. The first-order valence-electron chi connectivity index (χ1n) is 10.5. The lowest BCUT2D eigenvalue weighted by Gasteiger charge is -2.13. The SMILES string of the molecule is Cc1ccc(-n2c(=O)c3ccccc3n3c(SCC(=O)Nc4ccccc4)nnc23)c(C)c1. The van der Waals surface area contributed by atoms with Crippen LogP contribution in [-0.2, 0) is 4.79 Å². The first kappa shape index (κ1) is 21.0. The minimum absolute atomic E-state index is 0.144. The van der Waals surface area contributed by atoms with E-state index in [1.165, 1.54) is 11.8 Å². The van der Waals surface area contributed by atoms with E-state index in [0.29, 0.717) is 21.8 Å². The molecule has 5 aromatic rings. The Kier molecular flexibility index (Phi) is 5.43. The maximum absolute atomic E-state index is 13.5. The van der Waals surface area contributed by atoms with Gasteiger partial charge in [0.2, 0.25) is 11.7 Å². The molecule has 2 aromatic heterocycles. The van der Waals surface area contributed by atoms with Gasteiger partial charge in [-0.1, -0.05) is 59.8 Å². The molecule has 8 heteroatoms. The van der Waals surface area contributed by atoms with Crippen LogP contribution in [0.4, 0.5) is 5.69 Å². The summed E-state index contributed by atoms with van der Waals surface area (Å²) in [6.07, 6.45) is 0. The highest BCUT2D eigenvalue weighted by molar-refractivity contribution is 7.99. The predicted molar refractivity (Wildman–Crippen MR) is 131 cm³/mol. The number of carbonyl (C=O) groups excluding carboxylic acids is 1. The average molecular weight is 456 g/mol. The van der Waals surface area contributed by atoms with Crippen molar-refractivity contribution in [3.05, 3.63) is 94.3 Å². The van der Waals surface area contributed by atoms with Crippen LogP contribution in [0.25, 0.3) is 22.4 Å². The molecule has 0 radical (unpaired) electrons. The molecule has 0 saturated carbocycles. The van der Waals surface area contributed by atoms with Gasteiger partial charge in [0, 0.05) is 5.69 Å². The van der Waals surface area contributed by atoms with Crippen molar-refractivity contribution in [3.8, 4) is 5.69 Å². The summed E-state index contributed by atoms with van der Waals surface area (Å²) >= 11 is 1.28. The van der Waals surface area contributed by atoms with Gasteiger partial charge in [-0.05, 0) is 49.7 Å². The van der Waals surface area contributed by atoms with Gasteiger partial charge in [-0.2, -0.15) is 0 Å². The Balaban J connectivity index is 1.60. The lowest BCUT2D eigenvalue weighted by Crippen LogP contribution is -2.22. The second kappa shape index (κ2) is 8.55. The van der Waals surface area contributed by atoms with Gasteiger partial charge in [-0.3, -0.25) is 14.0 Å². The van der Waals surface area contributed by atoms with Crippen LogP contribution in [0.5, 0.6) is 0 Å². The summed E-state index contributed by atoms with van der Waals surface area (Å²) in [7, 11) is 0. The smallest absolute Gasteiger partial charge is 0.267 e. The van der Waals surface area contributed by atoms with Gasteiger partial charge in [-0.15, -0.1) is 10.2 Å². The standard InChI is InChI=1S/C25H21N5O2S/c1-16-12-13-20(17(2)14-16)29-23(32)19-10-6-7-11-21(19)30-24(29)27-28-25(30)33-15-22(31)26-18-8-4-3-5-9-18/h3-14H,15H2,1-2H3,(H,26,31). The van der Waals surface area contributed by atoms with E-state index in [0.717, 1.165) is 22.5 Å². The Labute approximate surface area is 194 Å². The second-order valence-electron chi connectivity index (χ2n) is 7.77. The van der Waals surface area contributed by atoms with Crippen molar-refractivity contribution in [3.63, 3.8) is 0 Å². The first-order chi connectivity index (χ1) is 16.0. The predicted octanol–water partition coefficient (Wildman–Crippen LogP) is 4.38. The van der Waals surface area contributed by atoms with Crippen molar-refractivity contribution in [2.24, 2.45) is 0 Å². The van der Waals surface area contributed by atoms with Crippen molar-refractivity contribution >= 4 is 40.0 Å². The fraction of sp³-hybridized carbons (Fsp3) is 0.120. The van der Waals surface area contributed by atoms with Gasteiger partial charge in [0.25, 0.3) is 5.56 Å². The molecule has 0 aliphatic carbocycles. The second-order valence-corrected chi connectivity index (χ2v) is 8.71. The largest absolute Gasteiger partial charge is 0.325 e. The van der Waals surface area contributed by atoms with Crippen LogP contribution in [0.2, 0.25) is 0 Å². The van der Waals surface area contributed by atoms with E-state index >= 15 is 0 Å². The van der Waals surface area contributed by atoms with Gasteiger partial charge in [-0.25, -0.2) is 4.57 Å². The molecule has 0 aliphatic heterocycles. The van der Waals surface area contributed by atoms with Crippen LogP contribution in [-0.4, -0.2) is 30.8 Å². The number of aromatic nitrogens is 4. The van der Waals surface area contributed by atoms with Crippen molar-refractivity contribution in [1.29, 1.82) is 0 Å². The van der Waals surface area contributed by atoms with E-state index in [1.54, 1.807) is 10.6 Å². The summed E-state index contributed by atoms with van der Waals surface area (Å²) in [5.74, 6) is 0.429. The van der Waals surface area contributed by atoms with Gasteiger partial charge < -0.3 is 5.32 Å². The molecule has 33 heavy (non-hydrogen) atoms. The number of aryl methyl sites for hydroxylation is 2. The number of hydrogen-bond acceptors (Lipinski definition) is 5. The highest BCUT2D eigenvalue weighted by Gasteiger charge is 2.19.